The summed E-state index contributed by atoms with van der Waals surface area (Å²) in [6, 6.07) is 11.0. The van der Waals surface area contributed by atoms with E-state index in [4.69, 9.17) is 4.74 Å². The van der Waals surface area contributed by atoms with Crippen molar-refractivity contribution in [3.8, 4) is 5.75 Å². The molecule has 3 heterocycles. The predicted octanol–water partition coefficient (Wildman–Crippen LogP) is 3.57. The Balaban J connectivity index is 1.49. The zero-order chi connectivity index (χ0) is 20.6. The molecule has 0 aliphatic carbocycles. The Labute approximate surface area is 175 Å². The number of thiophene rings is 1. The van der Waals surface area contributed by atoms with Gasteiger partial charge in [0.2, 0.25) is 5.91 Å². The standard InChI is InChI=1S/C21H26N2O4S2/c1-21(2)13-17(16-8-3-4-9-18(16)27-21)22-20(24)15-7-5-11-23(14-15)29(25,26)19-10-6-12-28-19/h3-4,6,8-10,12,15,17H,5,7,11,13-14H2,1-2H3,(H,22,24). The van der Waals surface area contributed by atoms with E-state index in [1.54, 1.807) is 17.5 Å². The molecule has 1 aromatic heterocycles. The van der Waals surface area contributed by atoms with Crippen LogP contribution in [0.3, 0.4) is 0 Å². The molecule has 1 N–H and O–H groups in total. The summed E-state index contributed by atoms with van der Waals surface area (Å²) >= 11 is 1.21. The van der Waals surface area contributed by atoms with Gasteiger partial charge in [-0.3, -0.25) is 4.79 Å². The molecular formula is C21H26N2O4S2. The molecule has 1 fully saturated rings. The highest BCUT2D eigenvalue weighted by molar-refractivity contribution is 7.91. The van der Waals surface area contributed by atoms with Gasteiger partial charge in [-0.25, -0.2) is 8.42 Å². The van der Waals surface area contributed by atoms with Crippen molar-refractivity contribution >= 4 is 27.3 Å². The number of nitrogens with zero attached hydrogens (tertiary/aromatic N) is 1. The second kappa shape index (κ2) is 7.74. The lowest BCUT2D eigenvalue weighted by Gasteiger charge is -2.39. The molecule has 0 bridgehead atoms. The summed E-state index contributed by atoms with van der Waals surface area (Å²) in [5.41, 5.74) is 0.590. The van der Waals surface area contributed by atoms with Crippen LogP contribution in [0.2, 0.25) is 0 Å². The summed E-state index contributed by atoms with van der Waals surface area (Å²) in [4.78, 5) is 13.1. The zero-order valence-electron chi connectivity index (χ0n) is 16.6. The first-order valence-corrected chi connectivity index (χ1v) is 12.2. The first-order valence-electron chi connectivity index (χ1n) is 9.88. The van der Waals surface area contributed by atoms with Crippen molar-refractivity contribution in [2.45, 2.75) is 49.0 Å². The number of amides is 1. The van der Waals surface area contributed by atoms with Gasteiger partial charge in [0.25, 0.3) is 10.0 Å². The monoisotopic (exact) mass is 434 g/mol. The topological polar surface area (TPSA) is 75.7 Å². The zero-order valence-corrected chi connectivity index (χ0v) is 18.3. The van der Waals surface area contributed by atoms with Crippen molar-refractivity contribution in [1.82, 2.24) is 9.62 Å². The second-order valence-electron chi connectivity index (χ2n) is 8.30. The number of carbonyl (C=O) groups excluding carboxylic acids is 1. The maximum Gasteiger partial charge on any atom is 0.252 e. The highest BCUT2D eigenvalue weighted by atomic mass is 32.2. The summed E-state index contributed by atoms with van der Waals surface area (Å²) in [6.45, 7) is 4.70. The van der Waals surface area contributed by atoms with Crippen molar-refractivity contribution < 1.29 is 17.9 Å². The molecule has 0 saturated carbocycles. The fourth-order valence-corrected chi connectivity index (χ4v) is 6.80. The van der Waals surface area contributed by atoms with Gasteiger partial charge in [-0.05, 0) is 44.2 Å². The van der Waals surface area contributed by atoms with Crippen LogP contribution in [0, 0.1) is 5.92 Å². The third-order valence-electron chi connectivity index (χ3n) is 5.54. The van der Waals surface area contributed by atoms with Gasteiger partial charge in [0.05, 0.1) is 12.0 Å². The minimum Gasteiger partial charge on any atom is -0.487 e. The van der Waals surface area contributed by atoms with Gasteiger partial charge in [-0.15, -0.1) is 11.3 Å². The predicted molar refractivity (Wildman–Crippen MR) is 112 cm³/mol. The smallest absolute Gasteiger partial charge is 0.252 e. The molecule has 29 heavy (non-hydrogen) atoms. The Bertz CT molecular complexity index is 986. The van der Waals surface area contributed by atoms with E-state index in [0.717, 1.165) is 11.3 Å². The average Bonchev–Trinajstić information content (AvgIpc) is 3.23. The second-order valence-corrected chi connectivity index (χ2v) is 11.4. The number of hydrogen-bond acceptors (Lipinski definition) is 5. The van der Waals surface area contributed by atoms with Crippen LogP contribution in [0.4, 0.5) is 0 Å². The number of fused-ring (bicyclic) bond motifs is 1. The molecule has 156 valence electrons. The lowest BCUT2D eigenvalue weighted by atomic mass is 9.89. The van der Waals surface area contributed by atoms with E-state index < -0.39 is 10.0 Å². The van der Waals surface area contributed by atoms with Gasteiger partial charge in [0.1, 0.15) is 15.6 Å². The maximum atomic E-state index is 13.1. The molecule has 2 atom stereocenters. The van der Waals surface area contributed by atoms with Crippen molar-refractivity contribution in [1.29, 1.82) is 0 Å². The van der Waals surface area contributed by atoms with Gasteiger partial charge in [-0.2, -0.15) is 4.31 Å². The molecule has 1 amide bonds. The summed E-state index contributed by atoms with van der Waals surface area (Å²) in [5.74, 6) is 0.352. The largest absolute Gasteiger partial charge is 0.487 e. The quantitative estimate of drug-likeness (QED) is 0.798. The molecule has 6 nitrogen and oxygen atoms in total. The van der Waals surface area contributed by atoms with Crippen LogP contribution in [0.15, 0.2) is 46.0 Å². The Morgan fingerprint density at radius 2 is 2.03 bits per heavy atom. The van der Waals surface area contributed by atoms with Gasteiger partial charge >= 0.3 is 0 Å². The summed E-state index contributed by atoms with van der Waals surface area (Å²) in [5, 5.41) is 4.92. The minimum atomic E-state index is -3.53. The van der Waals surface area contributed by atoms with Gasteiger partial charge in [0, 0.05) is 25.1 Å². The number of hydrogen-bond donors (Lipinski definition) is 1. The number of para-hydroxylation sites is 1. The maximum absolute atomic E-state index is 13.1. The fourth-order valence-electron chi connectivity index (χ4n) is 4.13. The Kier molecular flexibility index (Phi) is 5.44. The lowest BCUT2D eigenvalue weighted by molar-refractivity contribution is -0.127. The van der Waals surface area contributed by atoms with Crippen molar-refractivity contribution in [3.05, 3.63) is 47.3 Å². The van der Waals surface area contributed by atoms with Crippen LogP contribution in [0.5, 0.6) is 5.75 Å². The van der Waals surface area contributed by atoms with E-state index in [2.05, 4.69) is 5.32 Å². The highest BCUT2D eigenvalue weighted by Gasteiger charge is 2.38. The van der Waals surface area contributed by atoms with Crippen LogP contribution in [-0.4, -0.2) is 37.3 Å². The first kappa shape index (κ1) is 20.4. The molecule has 2 unspecified atom stereocenters. The third kappa shape index (κ3) is 4.20. The molecule has 8 heteroatoms. The number of rotatable bonds is 4. The molecule has 2 aliphatic rings. The van der Waals surface area contributed by atoms with E-state index >= 15 is 0 Å². The van der Waals surface area contributed by atoms with E-state index in [-0.39, 0.29) is 30.0 Å². The molecule has 1 aromatic carbocycles. The van der Waals surface area contributed by atoms with Crippen LogP contribution >= 0.6 is 11.3 Å². The van der Waals surface area contributed by atoms with Crippen LogP contribution in [-0.2, 0) is 14.8 Å². The van der Waals surface area contributed by atoms with Gasteiger partial charge in [-0.1, -0.05) is 24.3 Å². The summed E-state index contributed by atoms with van der Waals surface area (Å²) in [6.07, 6.45) is 2.04. The number of piperidine rings is 1. The average molecular weight is 435 g/mol. The Hall–Kier alpha value is -1.90. The molecular weight excluding hydrogens is 408 g/mol. The van der Waals surface area contributed by atoms with Crippen LogP contribution in [0.25, 0.3) is 0 Å². The third-order valence-corrected chi connectivity index (χ3v) is 8.78. The normalized spacial score (nSPS) is 24.3. The van der Waals surface area contributed by atoms with Gasteiger partial charge in [0.15, 0.2) is 0 Å². The number of nitrogens with one attached hydrogen (secondary N) is 1. The van der Waals surface area contributed by atoms with Crippen LogP contribution in [0.1, 0.15) is 44.7 Å². The molecule has 1 saturated heterocycles. The van der Waals surface area contributed by atoms with Crippen molar-refractivity contribution in [3.63, 3.8) is 0 Å². The molecule has 0 spiro atoms. The minimum absolute atomic E-state index is 0.0893. The number of carbonyl (C=O) groups is 1. The number of benzene rings is 1. The first-order chi connectivity index (χ1) is 13.8. The van der Waals surface area contributed by atoms with E-state index in [1.807, 2.05) is 38.1 Å². The van der Waals surface area contributed by atoms with E-state index in [1.165, 1.54) is 15.6 Å². The molecule has 2 aliphatic heterocycles. The number of sulfonamides is 1. The van der Waals surface area contributed by atoms with Crippen LogP contribution < -0.4 is 10.1 Å². The van der Waals surface area contributed by atoms with E-state index in [9.17, 15) is 13.2 Å². The highest BCUT2D eigenvalue weighted by Crippen LogP contribution is 2.39. The number of ether oxygens (including phenoxy) is 1. The van der Waals surface area contributed by atoms with Crippen molar-refractivity contribution in [2.24, 2.45) is 5.92 Å². The Morgan fingerprint density at radius 1 is 1.24 bits per heavy atom. The SMILES string of the molecule is CC1(C)CC(NC(=O)C2CCCN(S(=O)(=O)c3cccs3)C2)c2ccccc2O1. The van der Waals surface area contributed by atoms with Gasteiger partial charge < -0.3 is 10.1 Å². The molecule has 4 rings (SSSR count). The van der Waals surface area contributed by atoms with Crippen molar-refractivity contribution in [2.75, 3.05) is 13.1 Å². The molecule has 0 radical (unpaired) electrons. The molecule has 2 aromatic rings. The summed E-state index contributed by atoms with van der Waals surface area (Å²) < 4.78 is 33.5. The fraction of sp³-hybridized carbons (Fsp3) is 0.476. The Morgan fingerprint density at radius 3 is 2.79 bits per heavy atom. The van der Waals surface area contributed by atoms with E-state index in [0.29, 0.717) is 30.0 Å². The summed E-state index contributed by atoms with van der Waals surface area (Å²) in [7, 11) is -3.53. The lowest BCUT2D eigenvalue weighted by Crippen LogP contribution is -2.47.